The van der Waals surface area contributed by atoms with Crippen LogP contribution in [0.4, 0.5) is 0 Å². The van der Waals surface area contributed by atoms with E-state index < -0.39 is 136 Å². The Balaban J connectivity index is 2.26. The number of hydrogen-bond donors (Lipinski definition) is 8. The molecule has 8 amide bonds. The lowest BCUT2D eigenvalue weighted by molar-refractivity contribution is -0.168. The topological polar surface area (TPSA) is 313 Å². The number of phenols is 1. The van der Waals surface area contributed by atoms with E-state index in [1.165, 1.54) is 32.4 Å². The highest BCUT2D eigenvalue weighted by Gasteiger charge is 2.47. The largest absolute Gasteiger partial charge is 0.508 e. The summed E-state index contributed by atoms with van der Waals surface area (Å²) in [4.78, 5) is 128. The number of nitrogens with one attached hydrogen (secondary N) is 5. The van der Waals surface area contributed by atoms with Gasteiger partial charge < -0.3 is 57.1 Å². The Hall–Kier alpha value is -5.64. The van der Waals surface area contributed by atoms with Crippen LogP contribution in [0.1, 0.15) is 99.0 Å². The molecule has 12 atom stereocenters. The molecule has 2 bridgehead atoms. The summed E-state index contributed by atoms with van der Waals surface area (Å²) < 4.78 is 17.7. The number of piperidine rings is 1. The molecule has 1 aromatic rings. The Labute approximate surface area is 394 Å². The molecule has 0 spiro atoms. The maximum atomic E-state index is 14.9. The highest BCUT2D eigenvalue weighted by atomic mass is 32.2. The van der Waals surface area contributed by atoms with E-state index >= 15 is 0 Å². The number of hydrogen-bond acceptors (Lipinski definition) is 13. The highest BCUT2D eigenvalue weighted by molar-refractivity contribution is 7.85. The second-order valence-electron chi connectivity index (χ2n) is 18.1. The van der Waals surface area contributed by atoms with E-state index in [2.05, 4.69) is 26.6 Å². The molecule has 9 N–H and O–H groups in total. The van der Waals surface area contributed by atoms with E-state index in [0.717, 1.165) is 9.80 Å². The van der Waals surface area contributed by atoms with Crippen molar-refractivity contribution in [3.63, 3.8) is 0 Å². The van der Waals surface area contributed by atoms with Gasteiger partial charge in [-0.1, -0.05) is 66.5 Å². The summed E-state index contributed by atoms with van der Waals surface area (Å²) in [5, 5.41) is 34.4. The van der Waals surface area contributed by atoms with Gasteiger partial charge in [-0.2, -0.15) is 0 Å². The number of nitrogens with zero attached hydrogens (tertiary/aromatic N) is 2. The number of likely N-dealkylation sites (N-methyl/N-ethyl adjacent to an activating group) is 1. The number of ether oxygens (including phenoxy) is 1. The van der Waals surface area contributed by atoms with E-state index in [4.69, 9.17) is 10.5 Å². The fourth-order valence-corrected chi connectivity index (χ4v) is 8.40. The van der Waals surface area contributed by atoms with Crippen molar-refractivity contribution in [3.05, 3.63) is 29.8 Å². The van der Waals surface area contributed by atoms with Crippen molar-refractivity contribution in [1.82, 2.24) is 36.4 Å². The molecule has 2 saturated heterocycles. The summed E-state index contributed by atoms with van der Waals surface area (Å²) in [6, 6.07) is -4.14. The van der Waals surface area contributed by atoms with Crippen LogP contribution in [-0.4, -0.2) is 151 Å². The number of rotatable bonds is 16. The number of fused-ring (bicyclic) bond motifs is 2. The van der Waals surface area contributed by atoms with Crippen LogP contribution in [0.2, 0.25) is 0 Å². The van der Waals surface area contributed by atoms with Crippen molar-refractivity contribution in [3.8, 4) is 5.75 Å². The molecule has 22 heteroatoms. The predicted octanol–water partition coefficient (Wildman–Crippen LogP) is -0.777. The smallest absolute Gasteiger partial charge is 0.329 e. The molecule has 2 heterocycles. The van der Waals surface area contributed by atoms with Gasteiger partial charge in [0.25, 0.3) is 0 Å². The first-order valence-corrected chi connectivity index (χ1v) is 24.5. The van der Waals surface area contributed by atoms with E-state index in [9.17, 15) is 57.6 Å². The number of aromatic hydroxyl groups is 1. The SMILES string of the molecule is CCC(C)[C@@H]1NC(=O)[C@H](Cc2ccc(O)cc2)N(C)C(=O)[C@H](C(C)CC)N2C(=O)C(CC[C@@H]2O)NC(=O)[C@H](CC(C)C)NC(=O)[C@@H](NC(=O)[C@H](CCC(N)=O)NC(=O)CS(C)=O)[C@@H](C)OC1=O. The zero-order valence-corrected chi connectivity index (χ0v) is 40.7. The average Bonchev–Trinajstić information content (AvgIpc) is 3.25. The molecule has 2 fully saturated rings. The Bertz CT molecular complexity index is 1990. The number of esters is 1. The Morgan fingerprint density at radius 3 is 2.10 bits per heavy atom. The third-order valence-electron chi connectivity index (χ3n) is 12.2. The van der Waals surface area contributed by atoms with E-state index in [1.807, 2.05) is 0 Å². The molecule has 2 aliphatic rings. The lowest BCUT2D eigenvalue weighted by atomic mass is 9.91. The number of carbonyl (C=O) groups excluding carboxylic acids is 9. The minimum Gasteiger partial charge on any atom is -0.508 e. The number of cyclic esters (lactones) is 1. The normalized spacial score (nSPS) is 26.6. The summed E-state index contributed by atoms with van der Waals surface area (Å²) in [7, 11) is -0.253. The number of benzene rings is 1. The number of amides is 8. The first kappa shape index (κ1) is 55.7. The Morgan fingerprint density at radius 2 is 1.54 bits per heavy atom. The quantitative estimate of drug-likeness (QED) is 0.0945. The zero-order chi connectivity index (χ0) is 50.4. The van der Waals surface area contributed by atoms with Gasteiger partial charge in [-0.15, -0.1) is 0 Å². The van der Waals surface area contributed by atoms with Crippen LogP contribution >= 0.6 is 0 Å². The van der Waals surface area contributed by atoms with Crippen LogP contribution in [0.5, 0.6) is 5.75 Å². The van der Waals surface area contributed by atoms with Gasteiger partial charge in [-0.3, -0.25) is 42.6 Å². The highest BCUT2D eigenvalue weighted by Crippen LogP contribution is 2.28. The van der Waals surface area contributed by atoms with Gasteiger partial charge >= 0.3 is 5.97 Å². The molecule has 3 rings (SSSR count). The number of primary amides is 1. The molecule has 374 valence electrons. The molecular weight excluding hydrogens is 893 g/mol. The maximum Gasteiger partial charge on any atom is 0.329 e. The number of aliphatic hydroxyl groups is 1. The Morgan fingerprint density at radius 1 is 0.910 bits per heavy atom. The van der Waals surface area contributed by atoms with Gasteiger partial charge in [0.15, 0.2) is 0 Å². The van der Waals surface area contributed by atoms with E-state index in [-0.39, 0.29) is 50.2 Å². The molecule has 0 saturated carbocycles. The van der Waals surface area contributed by atoms with Crippen molar-refractivity contribution in [2.75, 3.05) is 19.1 Å². The standard InChI is InChI=1S/C45H70N8O13S/c1-10-24(5)36-45(64)66-26(7)37(51-39(58)29(16-18-33(46)55)47-34(56)22-67(9)65)42(61)49-31(20-23(3)4)40(59)48-30-17-19-35(57)53(43(30)62)38(25(6)11-2)44(63)52(8)32(41(60)50-36)21-27-12-14-28(54)15-13-27/h12-15,23-26,29-32,35-38,54,57H,10-11,16-22H2,1-9H3,(H2,46,55)(H,47,56)(H,48,59)(H,49,61)(H,50,60)(H,51,58)/t24?,25?,26-,29+,30?,31+,32+,35+,36+,37+,38+,67?/m1/s1. The van der Waals surface area contributed by atoms with E-state index in [1.54, 1.807) is 53.7 Å². The third-order valence-corrected chi connectivity index (χ3v) is 12.9. The fourth-order valence-electron chi connectivity index (χ4n) is 7.95. The number of carbonyl (C=O) groups is 9. The molecular formula is C45H70N8O13S. The van der Waals surface area contributed by atoms with Crippen LogP contribution in [-0.2, 0) is 65.1 Å². The lowest BCUT2D eigenvalue weighted by Crippen LogP contribution is -2.66. The second kappa shape index (κ2) is 25.5. The van der Waals surface area contributed by atoms with Crippen molar-refractivity contribution < 1.29 is 62.3 Å². The minimum atomic E-state index is -1.80. The van der Waals surface area contributed by atoms with Gasteiger partial charge in [0.05, 0.1) is 0 Å². The summed E-state index contributed by atoms with van der Waals surface area (Å²) in [6.07, 6.45) is -2.03. The molecule has 1 aromatic carbocycles. The summed E-state index contributed by atoms with van der Waals surface area (Å²) in [5.41, 5.74) is 5.86. The van der Waals surface area contributed by atoms with Crippen molar-refractivity contribution in [1.29, 1.82) is 0 Å². The summed E-state index contributed by atoms with van der Waals surface area (Å²) in [5.74, 6) is -9.84. The van der Waals surface area contributed by atoms with Crippen LogP contribution in [0.15, 0.2) is 24.3 Å². The first-order chi connectivity index (χ1) is 31.4. The third kappa shape index (κ3) is 15.7. The molecule has 0 aromatic heterocycles. The monoisotopic (exact) mass is 962 g/mol. The molecule has 0 radical (unpaired) electrons. The Kier molecular flexibility index (Phi) is 21.2. The minimum absolute atomic E-state index is 0.00836. The summed E-state index contributed by atoms with van der Waals surface area (Å²) in [6.45, 7) is 11.7. The second-order valence-corrected chi connectivity index (χ2v) is 19.5. The van der Waals surface area contributed by atoms with Gasteiger partial charge in [0.1, 0.15) is 66.1 Å². The average molecular weight is 963 g/mol. The van der Waals surface area contributed by atoms with Crippen molar-refractivity contribution in [2.24, 2.45) is 23.5 Å². The van der Waals surface area contributed by atoms with Gasteiger partial charge in [0.2, 0.25) is 47.3 Å². The maximum absolute atomic E-state index is 14.9. The molecule has 21 nitrogen and oxygen atoms in total. The van der Waals surface area contributed by atoms with Crippen molar-refractivity contribution in [2.45, 2.75) is 154 Å². The molecule has 67 heavy (non-hydrogen) atoms. The summed E-state index contributed by atoms with van der Waals surface area (Å²) >= 11 is 0. The van der Waals surface area contributed by atoms with Gasteiger partial charge in [0, 0.05) is 36.9 Å². The first-order valence-electron chi connectivity index (χ1n) is 22.7. The van der Waals surface area contributed by atoms with Crippen LogP contribution in [0.25, 0.3) is 0 Å². The van der Waals surface area contributed by atoms with Crippen LogP contribution in [0.3, 0.4) is 0 Å². The van der Waals surface area contributed by atoms with Gasteiger partial charge in [-0.25, -0.2) is 4.79 Å². The van der Waals surface area contributed by atoms with Crippen LogP contribution in [0, 0.1) is 17.8 Å². The van der Waals surface area contributed by atoms with E-state index in [0.29, 0.717) is 18.4 Å². The van der Waals surface area contributed by atoms with Crippen LogP contribution < -0.4 is 32.3 Å². The number of aliphatic hydroxyl groups excluding tert-OH is 1. The molecule has 2 aliphatic heterocycles. The number of nitrogens with two attached hydrogens (primary N) is 1. The van der Waals surface area contributed by atoms with Gasteiger partial charge in [-0.05, 0) is 68.1 Å². The molecule has 0 aliphatic carbocycles. The predicted molar refractivity (Wildman–Crippen MR) is 245 cm³/mol. The zero-order valence-electron chi connectivity index (χ0n) is 39.9. The number of phenolic OH excluding ortho intramolecular Hbond substituents is 1. The lowest BCUT2D eigenvalue weighted by Gasteiger charge is -2.44. The van der Waals surface area contributed by atoms with Crippen molar-refractivity contribution >= 4 is 64.0 Å². The molecule has 4 unspecified atom stereocenters. The fraction of sp³-hybridized carbons (Fsp3) is 0.667.